The van der Waals surface area contributed by atoms with Gasteiger partial charge < -0.3 is 21.1 Å². The Labute approximate surface area is 149 Å². The summed E-state index contributed by atoms with van der Waals surface area (Å²) in [5, 5.41) is 30.6. The number of para-hydroxylation sites is 1. The van der Waals surface area contributed by atoms with E-state index in [1.165, 1.54) is 0 Å². The number of nitrogens with two attached hydrogens (primary N) is 1. The van der Waals surface area contributed by atoms with Gasteiger partial charge in [0.05, 0.1) is 10.9 Å². The van der Waals surface area contributed by atoms with Crippen molar-refractivity contribution in [2.45, 2.75) is 0 Å². The first kappa shape index (κ1) is 15.8. The Balaban J connectivity index is 1.87. The number of aromatic nitrogens is 1. The summed E-state index contributed by atoms with van der Waals surface area (Å²) in [4.78, 5) is 4.04. The summed E-state index contributed by atoms with van der Waals surface area (Å²) in [6, 6.07) is 20.1. The van der Waals surface area contributed by atoms with Gasteiger partial charge in [0.2, 0.25) is 5.88 Å². The molecule has 0 atom stereocenters. The van der Waals surface area contributed by atoms with Gasteiger partial charge in [0, 0.05) is 5.56 Å². The van der Waals surface area contributed by atoms with Gasteiger partial charge in [-0.1, -0.05) is 54.6 Å². The molecule has 1 heterocycles. The van der Waals surface area contributed by atoms with Gasteiger partial charge in [-0.3, -0.25) is 0 Å². The molecular weight excluding hydrogens is 328 g/mol. The largest absolute Gasteiger partial charge is 0.507 e. The lowest BCUT2D eigenvalue weighted by atomic mass is 9.96. The first-order valence-electron chi connectivity index (χ1n) is 8.05. The van der Waals surface area contributed by atoms with Crippen LogP contribution in [0.25, 0.3) is 33.2 Å². The fourth-order valence-corrected chi connectivity index (χ4v) is 3.08. The van der Waals surface area contributed by atoms with E-state index in [1.54, 1.807) is 24.3 Å². The molecule has 0 radical (unpaired) electrons. The molecule has 0 aliphatic carbocycles. The molecule has 0 bridgehead atoms. The molecule has 0 saturated carbocycles. The van der Waals surface area contributed by atoms with Crippen molar-refractivity contribution in [2.24, 2.45) is 0 Å². The van der Waals surface area contributed by atoms with Crippen molar-refractivity contribution in [1.82, 2.24) is 4.98 Å². The van der Waals surface area contributed by atoms with Crippen LogP contribution in [-0.2, 0) is 0 Å². The van der Waals surface area contributed by atoms with E-state index < -0.39 is 0 Å². The number of aromatic hydroxyl groups is 3. The van der Waals surface area contributed by atoms with Crippen molar-refractivity contribution in [3.05, 3.63) is 66.7 Å². The normalized spacial score (nSPS) is 10.9. The number of nitrogens with zero attached hydrogens (tertiary/aromatic N) is 1. The number of rotatable bonds is 2. The lowest BCUT2D eigenvalue weighted by molar-refractivity contribution is 0.445. The third-order valence-electron chi connectivity index (χ3n) is 4.41. The van der Waals surface area contributed by atoms with Crippen molar-refractivity contribution in [1.29, 1.82) is 0 Å². The van der Waals surface area contributed by atoms with E-state index in [9.17, 15) is 15.3 Å². The number of fused-ring (bicyclic) bond motifs is 1. The van der Waals surface area contributed by atoms with Gasteiger partial charge >= 0.3 is 0 Å². The number of hydrogen-bond acceptors (Lipinski definition) is 5. The predicted molar refractivity (Wildman–Crippen MR) is 102 cm³/mol. The molecule has 26 heavy (non-hydrogen) atoms. The molecule has 0 aliphatic rings. The van der Waals surface area contributed by atoms with Crippen LogP contribution in [0.15, 0.2) is 66.7 Å². The third kappa shape index (κ3) is 2.46. The highest BCUT2D eigenvalue weighted by atomic mass is 16.3. The number of hydrogen-bond donors (Lipinski definition) is 4. The number of benzene rings is 3. The van der Waals surface area contributed by atoms with E-state index in [0.717, 1.165) is 22.3 Å². The lowest BCUT2D eigenvalue weighted by Crippen LogP contribution is -1.93. The SMILES string of the molecule is Nc1c(O)nc2cccc(-c3ccc(-c4ccccc4O)cc3)c2c1O. The van der Waals surface area contributed by atoms with Crippen molar-refractivity contribution < 1.29 is 15.3 Å². The van der Waals surface area contributed by atoms with Gasteiger partial charge in [-0.05, 0) is 28.8 Å². The molecule has 0 aliphatic heterocycles. The summed E-state index contributed by atoms with van der Waals surface area (Å²) >= 11 is 0. The first-order valence-corrected chi connectivity index (χ1v) is 8.05. The number of anilines is 1. The monoisotopic (exact) mass is 344 g/mol. The van der Waals surface area contributed by atoms with Crippen LogP contribution in [0.1, 0.15) is 0 Å². The average molecular weight is 344 g/mol. The minimum absolute atomic E-state index is 0.143. The standard InChI is InChI=1S/C21H16N2O3/c22-19-20(25)18-15(5-3-6-16(18)23-21(19)26)13-10-8-12(9-11-13)14-4-1-2-7-17(14)24/h1-11,24H,22H2,(H2,23,25,26). The van der Waals surface area contributed by atoms with Gasteiger partial charge in [0.25, 0.3) is 0 Å². The number of phenols is 1. The molecule has 128 valence electrons. The first-order chi connectivity index (χ1) is 12.6. The lowest BCUT2D eigenvalue weighted by Gasteiger charge is -2.11. The Hall–Kier alpha value is -3.73. The van der Waals surface area contributed by atoms with Crippen LogP contribution < -0.4 is 5.73 Å². The van der Waals surface area contributed by atoms with Crippen LogP contribution in [-0.4, -0.2) is 20.3 Å². The molecule has 5 nitrogen and oxygen atoms in total. The Morgan fingerprint density at radius 1 is 0.692 bits per heavy atom. The quantitative estimate of drug-likeness (QED) is 0.435. The van der Waals surface area contributed by atoms with Crippen LogP contribution in [0, 0.1) is 0 Å². The Morgan fingerprint density at radius 3 is 2.00 bits per heavy atom. The summed E-state index contributed by atoms with van der Waals surface area (Å²) in [5.41, 5.74) is 9.27. The maximum Gasteiger partial charge on any atom is 0.239 e. The molecule has 5 N–H and O–H groups in total. The molecule has 3 aromatic carbocycles. The number of phenolic OH excluding ortho intramolecular Hbond substituents is 1. The third-order valence-corrected chi connectivity index (χ3v) is 4.41. The Kier molecular flexibility index (Phi) is 3.62. The topological polar surface area (TPSA) is 99.6 Å². The maximum atomic E-state index is 10.4. The summed E-state index contributed by atoms with van der Waals surface area (Å²) in [6.45, 7) is 0. The van der Waals surface area contributed by atoms with E-state index in [-0.39, 0.29) is 23.1 Å². The zero-order chi connectivity index (χ0) is 18.3. The predicted octanol–water partition coefficient (Wildman–Crippen LogP) is 4.27. The second-order valence-corrected chi connectivity index (χ2v) is 5.99. The molecule has 4 aromatic rings. The van der Waals surface area contributed by atoms with Gasteiger partial charge in [0.15, 0.2) is 5.75 Å². The molecule has 0 spiro atoms. The van der Waals surface area contributed by atoms with E-state index in [0.29, 0.717) is 10.9 Å². The highest BCUT2D eigenvalue weighted by Crippen LogP contribution is 2.41. The maximum absolute atomic E-state index is 10.4. The van der Waals surface area contributed by atoms with Crippen LogP contribution in [0.5, 0.6) is 17.4 Å². The average Bonchev–Trinajstić information content (AvgIpc) is 2.66. The summed E-state index contributed by atoms with van der Waals surface area (Å²) in [7, 11) is 0. The molecule has 1 aromatic heterocycles. The van der Waals surface area contributed by atoms with Crippen LogP contribution >= 0.6 is 0 Å². The molecule has 0 unspecified atom stereocenters. The summed E-state index contributed by atoms with van der Waals surface area (Å²) in [5.74, 6) is -0.356. The minimum Gasteiger partial charge on any atom is -0.507 e. The Bertz CT molecular complexity index is 1120. The highest BCUT2D eigenvalue weighted by molar-refractivity contribution is 6.02. The summed E-state index contributed by atoms with van der Waals surface area (Å²) < 4.78 is 0. The van der Waals surface area contributed by atoms with E-state index in [4.69, 9.17) is 5.73 Å². The molecule has 0 amide bonds. The minimum atomic E-state index is -0.387. The smallest absolute Gasteiger partial charge is 0.239 e. The summed E-state index contributed by atoms with van der Waals surface area (Å²) in [6.07, 6.45) is 0. The Morgan fingerprint density at radius 2 is 1.31 bits per heavy atom. The molecule has 4 rings (SSSR count). The van der Waals surface area contributed by atoms with Crippen LogP contribution in [0.3, 0.4) is 0 Å². The molecule has 0 saturated heterocycles. The van der Waals surface area contributed by atoms with E-state index in [2.05, 4.69) is 4.98 Å². The van der Waals surface area contributed by atoms with Gasteiger partial charge in [-0.25, -0.2) is 4.98 Å². The van der Waals surface area contributed by atoms with Crippen molar-refractivity contribution in [2.75, 3.05) is 5.73 Å². The highest BCUT2D eigenvalue weighted by Gasteiger charge is 2.15. The van der Waals surface area contributed by atoms with Gasteiger partial charge in [-0.2, -0.15) is 0 Å². The van der Waals surface area contributed by atoms with Crippen molar-refractivity contribution in [3.8, 4) is 39.6 Å². The fourth-order valence-electron chi connectivity index (χ4n) is 3.08. The van der Waals surface area contributed by atoms with Crippen LogP contribution in [0.4, 0.5) is 5.69 Å². The van der Waals surface area contributed by atoms with Crippen molar-refractivity contribution in [3.63, 3.8) is 0 Å². The molecular formula is C21H16N2O3. The van der Waals surface area contributed by atoms with E-state index >= 15 is 0 Å². The fraction of sp³-hybridized carbons (Fsp3) is 0. The zero-order valence-electron chi connectivity index (χ0n) is 13.7. The molecule has 5 heteroatoms. The number of nitrogen functional groups attached to an aromatic ring is 1. The van der Waals surface area contributed by atoms with Crippen LogP contribution in [0.2, 0.25) is 0 Å². The molecule has 0 fully saturated rings. The second kappa shape index (κ2) is 5.97. The van der Waals surface area contributed by atoms with Gasteiger partial charge in [0.1, 0.15) is 11.4 Å². The second-order valence-electron chi connectivity index (χ2n) is 5.99. The zero-order valence-corrected chi connectivity index (χ0v) is 13.7. The number of pyridine rings is 1. The van der Waals surface area contributed by atoms with Gasteiger partial charge in [-0.15, -0.1) is 0 Å². The van der Waals surface area contributed by atoms with E-state index in [1.807, 2.05) is 42.5 Å². The van der Waals surface area contributed by atoms with Crippen molar-refractivity contribution >= 4 is 16.6 Å².